The van der Waals surface area contributed by atoms with Crippen molar-refractivity contribution in [2.24, 2.45) is 0 Å². The van der Waals surface area contributed by atoms with Crippen LogP contribution in [0.3, 0.4) is 0 Å². The maximum atomic E-state index is 13.2. The van der Waals surface area contributed by atoms with Gasteiger partial charge in [-0.1, -0.05) is 4.39 Å². The Hall–Kier alpha value is -2.55. The fraction of sp³-hybridized carbons (Fsp3) is 1.00. The lowest BCUT2D eigenvalue weighted by Crippen LogP contribution is -2.55. The van der Waals surface area contributed by atoms with E-state index in [-0.39, 0.29) is 0 Å². The molecule has 0 aromatic rings. The third-order valence-corrected chi connectivity index (χ3v) is 2.11. The van der Waals surface area contributed by atoms with E-state index < -0.39 is 51.1 Å². The number of aliphatic hydroxyl groups is 1. The van der Waals surface area contributed by atoms with Gasteiger partial charge in [0.1, 0.15) is 19.7 Å². The molecule has 0 rings (SSSR count). The third kappa shape index (κ3) is 3.06. The predicted octanol–water partition coefficient (Wildman–Crippen LogP) is -1.58. The summed E-state index contributed by atoms with van der Waals surface area (Å²) in [6.07, 6.45) is 0. The molecule has 0 aliphatic heterocycles. The lowest BCUT2D eigenvalue weighted by atomic mass is 10.2. The summed E-state index contributed by atoms with van der Waals surface area (Å²) >= 11 is 0. The molecule has 0 aromatic heterocycles. The van der Waals surface area contributed by atoms with E-state index in [1.165, 1.54) is 0 Å². The van der Waals surface area contributed by atoms with Gasteiger partial charge in [0, 0.05) is 0 Å². The van der Waals surface area contributed by atoms with Gasteiger partial charge in [0.15, 0.2) is 13.2 Å². The van der Waals surface area contributed by atoms with Gasteiger partial charge in [-0.25, -0.2) is 0 Å². The van der Waals surface area contributed by atoms with Gasteiger partial charge in [-0.2, -0.15) is 0 Å². The summed E-state index contributed by atoms with van der Waals surface area (Å²) in [5.41, 5.74) is -3.30. The van der Waals surface area contributed by atoms with Crippen molar-refractivity contribution in [3.8, 4) is 0 Å². The number of aliphatic hydroxyl groups excluding tert-OH is 1. The predicted molar refractivity (Wildman–Crippen MR) is 52.5 cm³/mol. The van der Waals surface area contributed by atoms with Crippen LogP contribution in [0.15, 0.2) is 0 Å². The molecule has 0 aliphatic carbocycles. The quantitative estimate of drug-likeness (QED) is 0.224. The van der Waals surface area contributed by atoms with Gasteiger partial charge in [-0.3, -0.25) is 40.5 Å². The van der Waals surface area contributed by atoms with E-state index in [9.17, 15) is 44.8 Å². The zero-order valence-electron chi connectivity index (χ0n) is 9.41. The van der Waals surface area contributed by atoms with Gasteiger partial charge in [0.05, 0.1) is 0 Å². The molecule has 20 heavy (non-hydrogen) atoms. The highest BCUT2D eigenvalue weighted by Crippen LogP contribution is 2.16. The summed E-state index contributed by atoms with van der Waals surface area (Å²) in [4.78, 5) is 34.2. The highest BCUT2D eigenvalue weighted by Gasteiger charge is 2.61. The molecule has 0 saturated heterocycles. The minimum atomic E-state index is -4.31. The van der Waals surface area contributed by atoms with Crippen molar-refractivity contribution >= 4 is 0 Å². The van der Waals surface area contributed by atoms with E-state index in [1.807, 2.05) is 0 Å². The number of rotatable bonds is 9. The maximum absolute atomic E-state index is 13.2. The maximum Gasteiger partial charge on any atom is 0.637 e. The third-order valence-electron chi connectivity index (χ3n) is 2.11. The summed E-state index contributed by atoms with van der Waals surface area (Å²) < 4.78 is 17.2. The number of hydrogen-bond donors (Lipinski definition) is 1. The Bertz CT molecular complexity index is 411. The number of alkyl halides is 1. The fourth-order valence-electron chi connectivity index (χ4n) is 0.850. The number of nitrogens with zero attached hydrogens (tertiary/aromatic N) is 4. The smallest absolute Gasteiger partial charge is 0.382 e. The van der Waals surface area contributed by atoms with Crippen LogP contribution in [0.2, 0.25) is 0 Å². The molecule has 15 heteroatoms. The zero-order chi connectivity index (χ0) is 16.1. The topological polar surface area (TPSA) is 202 Å². The van der Waals surface area contributed by atoms with E-state index in [0.717, 1.165) is 0 Å². The van der Waals surface area contributed by atoms with Crippen molar-refractivity contribution in [2.75, 3.05) is 19.8 Å². The lowest BCUT2D eigenvalue weighted by Gasteiger charge is -2.15. The molecule has 0 fully saturated rings. The standard InChI is InChI=1S/C5H7FN4O10/c6-5(9(16)17,10(18)19)3-20-2-4(1-11,7(12)13)8(14)15/h11H,1-3H2. The first-order chi connectivity index (χ1) is 9.04. The van der Waals surface area contributed by atoms with Crippen LogP contribution in [-0.4, -0.2) is 56.2 Å². The molecule has 0 aliphatic rings. The molecule has 0 radical (unpaired) electrons. The number of nitro groups is 4. The largest absolute Gasteiger partial charge is 0.637 e. The van der Waals surface area contributed by atoms with Crippen LogP contribution in [0.25, 0.3) is 0 Å². The van der Waals surface area contributed by atoms with Gasteiger partial charge < -0.3 is 9.84 Å². The first kappa shape index (κ1) is 17.4. The summed E-state index contributed by atoms with van der Waals surface area (Å²) in [5.74, 6) is -4.31. The average molecular weight is 302 g/mol. The molecule has 0 saturated carbocycles. The molecular weight excluding hydrogens is 295 g/mol. The van der Waals surface area contributed by atoms with Gasteiger partial charge in [0.2, 0.25) is 6.61 Å². The lowest BCUT2D eigenvalue weighted by molar-refractivity contribution is -0.835. The average Bonchev–Trinajstić information content (AvgIpc) is 2.32. The van der Waals surface area contributed by atoms with Crippen molar-refractivity contribution in [2.45, 2.75) is 11.6 Å². The normalized spacial score (nSPS) is 11.9. The van der Waals surface area contributed by atoms with Crippen molar-refractivity contribution in [3.63, 3.8) is 0 Å². The Morgan fingerprint density at radius 2 is 1.30 bits per heavy atom. The van der Waals surface area contributed by atoms with Gasteiger partial charge in [-0.15, -0.1) is 0 Å². The first-order valence-electron chi connectivity index (χ1n) is 4.50. The van der Waals surface area contributed by atoms with E-state index >= 15 is 0 Å². The summed E-state index contributed by atoms with van der Waals surface area (Å²) in [6.45, 7) is -5.17. The first-order valence-corrected chi connectivity index (χ1v) is 4.50. The zero-order valence-corrected chi connectivity index (χ0v) is 9.41. The highest BCUT2D eigenvalue weighted by atomic mass is 19.2. The molecule has 0 unspecified atom stereocenters. The summed E-state index contributed by atoms with van der Waals surface area (Å²) in [6, 6.07) is 0. The van der Waals surface area contributed by atoms with Crippen LogP contribution in [0.5, 0.6) is 0 Å². The molecule has 0 spiro atoms. The molecule has 0 heterocycles. The molecule has 14 nitrogen and oxygen atoms in total. The minimum Gasteiger partial charge on any atom is -0.382 e. The molecular formula is C5H7FN4O10. The SMILES string of the molecule is O=[N+]([O-])C(F)(COCC(CO)([N+](=O)[O-])[N+](=O)[O-])[N+](=O)[O-]. The Kier molecular flexibility index (Phi) is 5.29. The number of hydrogen-bond acceptors (Lipinski definition) is 10. The minimum absolute atomic E-state index is 1.56. The van der Waals surface area contributed by atoms with Crippen molar-refractivity contribution in [1.82, 2.24) is 0 Å². The number of ether oxygens (including phenoxy) is 1. The van der Waals surface area contributed by atoms with E-state index in [0.29, 0.717) is 0 Å². The Balaban J connectivity index is 5.00. The van der Waals surface area contributed by atoms with Gasteiger partial charge >= 0.3 is 11.6 Å². The Morgan fingerprint density at radius 3 is 1.55 bits per heavy atom. The van der Waals surface area contributed by atoms with E-state index in [4.69, 9.17) is 5.11 Å². The van der Waals surface area contributed by atoms with E-state index in [1.54, 1.807) is 0 Å². The highest BCUT2D eigenvalue weighted by molar-refractivity contribution is 4.65. The Morgan fingerprint density at radius 1 is 0.900 bits per heavy atom. The van der Waals surface area contributed by atoms with Crippen LogP contribution in [0, 0.1) is 40.5 Å². The molecule has 0 bridgehead atoms. The van der Waals surface area contributed by atoms with Crippen LogP contribution in [0.4, 0.5) is 4.39 Å². The molecule has 0 amide bonds. The molecule has 114 valence electrons. The molecule has 0 aromatic carbocycles. The second-order valence-corrected chi connectivity index (χ2v) is 3.38. The van der Waals surface area contributed by atoms with Crippen LogP contribution >= 0.6 is 0 Å². The second kappa shape index (κ2) is 6.06. The van der Waals surface area contributed by atoms with Crippen LogP contribution < -0.4 is 0 Å². The van der Waals surface area contributed by atoms with Crippen molar-refractivity contribution in [3.05, 3.63) is 40.5 Å². The second-order valence-electron chi connectivity index (χ2n) is 3.38. The van der Waals surface area contributed by atoms with Crippen molar-refractivity contribution < 1.29 is 33.9 Å². The van der Waals surface area contributed by atoms with Crippen LogP contribution in [-0.2, 0) is 4.74 Å². The van der Waals surface area contributed by atoms with Gasteiger partial charge in [0.25, 0.3) is 0 Å². The number of halogens is 1. The summed E-state index contributed by atoms with van der Waals surface area (Å²) in [7, 11) is 0. The fourth-order valence-corrected chi connectivity index (χ4v) is 0.850. The molecule has 0 atom stereocenters. The van der Waals surface area contributed by atoms with Crippen molar-refractivity contribution in [1.29, 1.82) is 0 Å². The van der Waals surface area contributed by atoms with E-state index in [2.05, 4.69) is 4.74 Å². The molecule has 1 N–H and O–H groups in total. The van der Waals surface area contributed by atoms with Crippen LogP contribution in [0.1, 0.15) is 0 Å². The summed E-state index contributed by atoms with van der Waals surface area (Å²) in [5, 5.41) is 49.9. The monoisotopic (exact) mass is 302 g/mol. The Labute approximate surface area is 107 Å². The van der Waals surface area contributed by atoms with Gasteiger partial charge in [-0.05, 0) is 0 Å².